The van der Waals surface area contributed by atoms with Gasteiger partial charge in [-0.05, 0) is 61.8 Å². The lowest BCUT2D eigenvalue weighted by atomic mass is 9.54. The van der Waals surface area contributed by atoms with Crippen LogP contribution in [0, 0.1) is 17.8 Å². The quantitative estimate of drug-likeness (QED) is 0.513. The Balaban J connectivity index is 1.12. The first-order chi connectivity index (χ1) is 17.6. The maximum atomic E-state index is 16.3. The number of halogens is 1. The third-order valence-electron chi connectivity index (χ3n) is 8.97. The standard InChI is InChI=1S/C30H35FO5/c31-25-27(32-17-19-7-3-1-4-8-19)26-24(18-33-28(35-26)23-9-5-2-6-10-23)34-29(25)36-30-14-20-11-21(15-30)13-22(12-20)16-30/h1-10,20-22,24-29H,11-18H2/t20?,21?,22?,24-,25+,26-,27-,28-,29+,30?/m1/s1. The summed E-state index contributed by atoms with van der Waals surface area (Å²) in [4.78, 5) is 0. The third kappa shape index (κ3) is 4.41. The van der Waals surface area contributed by atoms with Gasteiger partial charge in [0.1, 0.15) is 18.3 Å². The predicted molar refractivity (Wildman–Crippen MR) is 131 cm³/mol. The lowest BCUT2D eigenvalue weighted by Gasteiger charge is -2.58. The van der Waals surface area contributed by atoms with Gasteiger partial charge < -0.3 is 23.7 Å². The van der Waals surface area contributed by atoms with E-state index < -0.39 is 37.1 Å². The lowest BCUT2D eigenvalue weighted by Crippen LogP contribution is -2.64. The molecule has 0 amide bonds. The second kappa shape index (κ2) is 9.48. The first-order valence-electron chi connectivity index (χ1n) is 13.6. The van der Waals surface area contributed by atoms with E-state index in [1.807, 2.05) is 60.7 Å². The molecule has 0 radical (unpaired) electrons. The van der Waals surface area contributed by atoms with Crippen molar-refractivity contribution in [2.75, 3.05) is 6.61 Å². The van der Waals surface area contributed by atoms with Crippen molar-refractivity contribution in [2.24, 2.45) is 17.8 Å². The van der Waals surface area contributed by atoms with Crippen molar-refractivity contribution in [1.29, 1.82) is 0 Å². The van der Waals surface area contributed by atoms with Crippen molar-refractivity contribution < 1.29 is 28.1 Å². The number of fused-ring (bicyclic) bond motifs is 1. The zero-order valence-electron chi connectivity index (χ0n) is 20.5. The van der Waals surface area contributed by atoms with Crippen LogP contribution in [0.2, 0.25) is 0 Å². The Hall–Kier alpha value is -1.83. The van der Waals surface area contributed by atoms with Crippen LogP contribution in [0.25, 0.3) is 0 Å². The predicted octanol–water partition coefficient (Wildman–Crippen LogP) is 5.73. The average Bonchev–Trinajstić information content (AvgIpc) is 2.89. The molecular formula is C30H35FO5. The number of ether oxygens (including phenoxy) is 5. The molecule has 4 saturated carbocycles. The first kappa shape index (κ1) is 23.3. The highest BCUT2D eigenvalue weighted by Crippen LogP contribution is 2.58. The van der Waals surface area contributed by atoms with Gasteiger partial charge in [0.05, 0.1) is 18.8 Å². The van der Waals surface area contributed by atoms with Crippen molar-refractivity contribution in [3.8, 4) is 0 Å². The number of hydrogen-bond donors (Lipinski definition) is 0. The maximum Gasteiger partial charge on any atom is 0.192 e. The fraction of sp³-hybridized carbons (Fsp3) is 0.600. The molecule has 0 N–H and O–H groups in total. The van der Waals surface area contributed by atoms with E-state index in [0.29, 0.717) is 31.0 Å². The molecular weight excluding hydrogens is 459 g/mol. The minimum atomic E-state index is -1.45. The van der Waals surface area contributed by atoms with E-state index in [-0.39, 0.29) is 5.60 Å². The molecule has 0 unspecified atom stereocenters. The minimum Gasteiger partial charge on any atom is -0.367 e. The largest absolute Gasteiger partial charge is 0.367 e. The van der Waals surface area contributed by atoms with Crippen LogP contribution in [0.5, 0.6) is 0 Å². The van der Waals surface area contributed by atoms with Gasteiger partial charge in [0.15, 0.2) is 18.8 Å². The molecule has 8 rings (SSSR count). The maximum absolute atomic E-state index is 16.3. The summed E-state index contributed by atoms with van der Waals surface area (Å²) in [7, 11) is 0. The molecule has 4 aliphatic carbocycles. The van der Waals surface area contributed by atoms with Gasteiger partial charge in [-0.25, -0.2) is 4.39 Å². The molecule has 0 spiro atoms. The smallest absolute Gasteiger partial charge is 0.192 e. The van der Waals surface area contributed by atoms with Crippen LogP contribution in [-0.4, -0.2) is 43.0 Å². The summed E-state index contributed by atoms with van der Waals surface area (Å²) >= 11 is 0. The Morgan fingerprint density at radius 2 is 1.47 bits per heavy atom. The monoisotopic (exact) mass is 494 g/mol. The van der Waals surface area contributed by atoms with E-state index >= 15 is 4.39 Å². The lowest BCUT2D eigenvalue weighted by molar-refractivity contribution is -0.378. The normalized spacial score (nSPS) is 43.3. The fourth-order valence-electron chi connectivity index (χ4n) is 7.79. The SMILES string of the molecule is F[C@@H]1[C@H](OC23CC4CC(CC(C4)C2)C3)O[C@@H]2CO[C@@H](c3ccccc3)O[C@H]2[C@@H]1OCc1ccccc1. The van der Waals surface area contributed by atoms with Crippen LogP contribution in [-0.2, 0) is 30.3 Å². The van der Waals surface area contributed by atoms with Gasteiger partial charge in [0, 0.05) is 5.56 Å². The highest BCUT2D eigenvalue weighted by Gasteiger charge is 2.57. The zero-order chi connectivity index (χ0) is 24.1. The van der Waals surface area contributed by atoms with Gasteiger partial charge in [0.2, 0.25) is 0 Å². The summed E-state index contributed by atoms with van der Waals surface area (Å²) in [5.74, 6) is 2.14. The molecule has 4 bridgehead atoms. The number of alkyl halides is 1. The van der Waals surface area contributed by atoms with E-state index in [1.54, 1.807) is 0 Å². The number of hydrogen-bond acceptors (Lipinski definition) is 5. The van der Waals surface area contributed by atoms with Crippen molar-refractivity contribution in [3.63, 3.8) is 0 Å². The summed E-state index contributed by atoms with van der Waals surface area (Å²) in [5, 5.41) is 0. The molecule has 36 heavy (non-hydrogen) atoms. The summed E-state index contributed by atoms with van der Waals surface area (Å²) in [6.07, 6.45) is 2.17. The second-order valence-corrected chi connectivity index (χ2v) is 11.6. The van der Waals surface area contributed by atoms with Gasteiger partial charge in [-0.1, -0.05) is 60.7 Å². The molecule has 6 fully saturated rings. The molecule has 6 heteroatoms. The average molecular weight is 495 g/mol. The molecule has 2 aromatic rings. The van der Waals surface area contributed by atoms with E-state index in [1.165, 1.54) is 19.3 Å². The Labute approximate surface area is 212 Å². The highest BCUT2D eigenvalue weighted by atomic mass is 19.1. The van der Waals surface area contributed by atoms with Crippen LogP contribution in [0.15, 0.2) is 60.7 Å². The van der Waals surface area contributed by atoms with Crippen LogP contribution in [0.3, 0.4) is 0 Å². The van der Waals surface area contributed by atoms with E-state index in [0.717, 1.165) is 30.4 Å². The Morgan fingerprint density at radius 3 is 2.14 bits per heavy atom. The number of rotatable bonds is 6. The molecule has 6 atom stereocenters. The van der Waals surface area contributed by atoms with Crippen LogP contribution >= 0.6 is 0 Å². The topological polar surface area (TPSA) is 46.2 Å². The minimum absolute atomic E-state index is 0.260. The van der Waals surface area contributed by atoms with Crippen LogP contribution < -0.4 is 0 Å². The summed E-state index contributed by atoms with van der Waals surface area (Å²) in [5.41, 5.74) is 1.64. The van der Waals surface area contributed by atoms with Gasteiger partial charge in [-0.3, -0.25) is 0 Å². The van der Waals surface area contributed by atoms with Gasteiger partial charge in [-0.15, -0.1) is 0 Å². The molecule has 192 valence electrons. The molecule has 2 heterocycles. The van der Waals surface area contributed by atoms with Crippen molar-refractivity contribution in [3.05, 3.63) is 71.8 Å². The Morgan fingerprint density at radius 1 is 0.833 bits per heavy atom. The third-order valence-corrected chi connectivity index (χ3v) is 8.97. The molecule has 2 aromatic carbocycles. The van der Waals surface area contributed by atoms with Crippen LogP contribution in [0.1, 0.15) is 55.9 Å². The highest BCUT2D eigenvalue weighted by molar-refractivity contribution is 5.17. The summed E-state index contributed by atoms with van der Waals surface area (Å²) < 4.78 is 47.9. The van der Waals surface area contributed by atoms with Gasteiger partial charge in [0.25, 0.3) is 0 Å². The summed E-state index contributed by atoms with van der Waals surface area (Å²) in [6.45, 7) is 0.613. The molecule has 2 saturated heterocycles. The van der Waals surface area contributed by atoms with Crippen molar-refractivity contribution >= 4 is 0 Å². The first-order valence-corrected chi connectivity index (χ1v) is 13.6. The van der Waals surface area contributed by atoms with Crippen molar-refractivity contribution in [2.45, 2.75) is 87.8 Å². The Kier molecular flexibility index (Phi) is 6.14. The second-order valence-electron chi connectivity index (χ2n) is 11.6. The van der Waals surface area contributed by atoms with Crippen molar-refractivity contribution in [1.82, 2.24) is 0 Å². The molecule has 5 nitrogen and oxygen atoms in total. The molecule has 6 aliphatic rings. The zero-order valence-corrected chi connectivity index (χ0v) is 20.5. The van der Waals surface area contributed by atoms with Gasteiger partial charge >= 0.3 is 0 Å². The summed E-state index contributed by atoms with van der Waals surface area (Å²) in [6, 6.07) is 19.6. The Bertz CT molecular complexity index is 997. The van der Waals surface area contributed by atoms with Gasteiger partial charge in [-0.2, -0.15) is 0 Å². The van der Waals surface area contributed by atoms with E-state index in [9.17, 15) is 0 Å². The van der Waals surface area contributed by atoms with Crippen LogP contribution in [0.4, 0.5) is 4.39 Å². The van der Waals surface area contributed by atoms with E-state index in [4.69, 9.17) is 23.7 Å². The number of benzene rings is 2. The van der Waals surface area contributed by atoms with E-state index in [2.05, 4.69) is 0 Å². The molecule has 0 aromatic heterocycles. The fourth-order valence-corrected chi connectivity index (χ4v) is 7.79. The molecule has 2 aliphatic heterocycles.